The third-order valence-electron chi connectivity index (χ3n) is 4.53. The van der Waals surface area contributed by atoms with Crippen LogP contribution in [0.1, 0.15) is 12.5 Å². The average molecular weight is 401 g/mol. The molecule has 27 heavy (non-hydrogen) atoms. The van der Waals surface area contributed by atoms with Gasteiger partial charge in [-0.05, 0) is 24.7 Å². The summed E-state index contributed by atoms with van der Waals surface area (Å²) in [6, 6.07) is 3.05. The van der Waals surface area contributed by atoms with Crippen LogP contribution in [0.25, 0.3) is 0 Å². The summed E-state index contributed by atoms with van der Waals surface area (Å²) >= 11 is 6.04. The van der Waals surface area contributed by atoms with Crippen molar-refractivity contribution in [1.82, 2.24) is 14.9 Å². The van der Waals surface area contributed by atoms with Crippen LogP contribution in [0.2, 0.25) is 5.02 Å². The Morgan fingerprint density at radius 2 is 1.89 bits per heavy atom. The maximum Gasteiger partial charge on any atom is 0.416 e. The number of nitrogens with two attached hydrogens (primary N) is 1. The maximum absolute atomic E-state index is 13.0. The van der Waals surface area contributed by atoms with Crippen molar-refractivity contribution >= 4 is 34.6 Å². The van der Waals surface area contributed by atoms with E-state index >= 15 is 0 Å². The van der Waals surface area contributed by atoms with Crippen LogP contribution < -0.4 is 16.0 Å². The van der Waals surface area contributed by atoms with Crippen molar-refractivity contribution in [3.8, 4) is 0 Å². The summed E-state index contributed by atoms with van der Waals surface area (Å²) in [5, 5.41) is 2.95. The van der Waals surface area contributed by atoms with E-state index in [9.17, 15) is 13.2 Å². The smallest absolute Gasteiger partial charge is 0.393 e. The molecule has 146 valence electrons. The van der Waals surface area contributed by atoms with Gasteiger partial charge in [0.05, 0.1) is 16.3 Å². The molecule has 0 spiro atoms. The van der Waals surface area contributed by atoms with E-state index in [4.69, 9.17) is 17.3 Å². The quantitative estimate of drug-likeness (QED) is 0.817. The average Bonchev–Trinajstić information content (AvgIpc) is 2.64. The first-order valence-corrected chi connectivity index (χ1v) is 8.89. The Labute approximate surface area is 160 Å². The van der Waals surface area contributed by atoms with Crippen LogP contribution >= 0.6 is 11.6 Å². The van der Waals surface area contributed by atoms with Gasteiger partial charge < -0.3 is 20.9 Å². The summed E-state index contributed by atoms with van der Waals surface area (Å²) in [6.45, 7) is 6.39. The molecule has 6 nitrogen and oxygen atoms in total. The molecule has 3 N–H and O–H groups in total. The number of piperazine rings is 1. The number of alkyl halides is 3. The molecular formula is C17H20ClF3N6. The predicted molar refractivity (Wildman–Crippen MR) is 101 cm³/mol. The van der Waals surface area contributed by atoms with E-state index in [1.165, 1.54) is 12.4 Å². The lowest BCUT2D eigenvalue weighted by atomic mass is 10.2. The number of nitrogens with one attached hydrogen (secondary N) is 1. The molecule has 0 radical (unpaired) electrons. The zero-order chi connectivity index (χ0) is 19.6. The van der Waals surface area contributed by atoms with E-state index < -0.39 is 11.7 Å². The minimum Gasteiger partial charge on any atom is -0.393 e. The number of benzene rings is 1. The SMILES string of the molecule is CCN1CCN(c2ncnc(Nc3cc(C(F)(F)F)ccc3Cl)c2N)CC1. The van der Waals surface area contributed by atoms with Gasteiger partial charge in [0.25, 0.3) is 0 Å². The summed E-state index contributed by atoms with van der Waals surface area (Å²) in [6.07, 6.45) is -3.13. The van der Waals surface area contributed by atoms with Crippen molar-refractivity contribution in [3.05, 3.63) is 35.1 Å². The van der Waals surface area contributed by atoms with Crippen LogP contribution in [0.15, 0.2) is 24.5 Å². The molecule has 1 aliphatic heterocycles. The Hall–Kier alpha value is -2.26. The van der Waals surface area contributed by atoms with Crippen molar-refractivity contribution in [3.63, 3.8) is 0 Å². The van der Waals surface area contributed by atoms with Gasteiger partial charge in [0.2, 0.25) is 0 Å². The molecule has 1 aromatic heterocycles. The van der Waals surface area contributed by atoms with Gasteiger partial charge in [-0.3, -0.25) is 0 Å². The summed E-state index contributed by atoms with van der Waals surface area (Å²) in [5.41, 5.74) is 5.74. The molecule has 0 bridgehead atoms. The second kappa shape index (κ2) is 7.77. The minimum absolute atomic E-state index is 0.0821. The van der Waals surface area contributed by atoms with E-state index in [0.717, 1.165) is 44.9 Å². The normalized spacial score (nSPS) is 15.8. The second-order valence-electron chi connectivity index (χ2n) is 6.20. The highest BCUT2D eigenvalue weighted by Gasteiger charge is 2.31. The van der Waals surface area contributed by atoms with Gasteiger partial charge in [-0.25, -0.2) is 9.97 Å². The molecule has 1 saturated heterocycles. The number of likely N-dealkylation sites (N-methyl/N-ethyl adjacent to an activating group) is 1. The first-order chi connectivity index (χ1) is 12.8. The van der Waals surface area contributed by atoms with Gasteiger partial charge in [0, 0.05) is 26.2 Å². The molecule has 3 rings (SSSR count). The number of nitrogen functional groups attached to an aromatic ring is 1. The fourth-order valence-corrected chi connectivity index (χ4v) is 3.10. The lowest BCUT2D eigenvalue weighted by Crippen LogP contribution is -2.46. The van der Waals surface area contributed by atoms with Crippen molar-refractivity contribution in [2.45, 2.75) is 13.1 Å². The Balaban J connectivity index is 1.85. The molecule has 1 aromatic carbocycles. The minimum atomic E-state index is -4.47. The molecule has 2 heterocycles. The highest BCUT2D eigenvalue weighted by atomic mass is 35.5. The topological polar surface area (TPSA) is 70.3 Å². The molecule has 0 amide bonds. The first-order valence-electron chi connectivity index (χ1n) is 8.51. The maximum atomic E-state index is 13.0. The molecule has 0 atom stereocenters. The van der Waals surface area contributed by atoms with Gasteiger partial charge >= 0.3 is 6.18 Å². The van der Waals surface area contributed by atoms with Crippen molar-refractivity contribution in [1.29, 1.82) is 0 Å². The van der Waals surface area contributed by atoms with Crippen LogP contribution in [0, 0.1) is 0 Å². The van der Waals surface area contributed by atoms with Gasteiger partial charge in [-0.15, -0.1) is 0 Å². The molecule has 1 fully saturated rings. The highest BCUT2D eigenvalue weighted by Crippen LogP contribution is 2.36. The molecule has 1 aliphatic rings. The fourth-order valence-electron chi connectivity index (χ4n) is 2.94. The Morgan fingerprint density at radius 3 is 2.52 bits per heavy atom. The van der Waals surface area contributed by atoms with E-state index in [-0.39, 0.29) is 22.2 Å². The molecular weight excluding hydrogens is 381 g/mol. The van der Waals surface area contributed by atoms with Crippen LogP contribution in [0.4, 0.5) is 36.2 Å². The van der Waals surface area contributed by atoms with Crippen LogP contribution in [-0.4, -0.2) is 47.6 Å². The molecule has 0 aliphatic carbocycles. The standard InChI is InChI=1S/C17H20ClF3N6/c1-2-26-5-7-27(8-6-26)16-14(22)15(23-10-24-16)25-13-9-11(17(19,20)21)3-4-12(13)18/h3-4,9-10H,2,5-8,22H2,1H3,(H,23,24,25). The zero-order valence-corrected chi connectivity index (χ0v) is 15.5. The fraction of sp³-hybridized carbons (Fsp3) is 0.412. The number of rotatable bonds is 4. The largest absolute Gasteiger partial charge is 0.416 e. The van der Waals surface area contributed by atoms with E-state index in [0.29, 0.717) is 5.82 Å². The Bertz CT molecular complexity index is 806. The summed E-state index contributed by atoms with van der Waals surface area (Å²) in [7, 11) is 0. The second-order valence-corrected chi connectivity index (χ2v) is 6.61. The van der Waals surface area contributed by atoms with Crippen molar-refractivity contribution < 1.29 is 13.2 Å². The predicted octanol–water partition coefficient (Wildman–Crippen LogP) is 3.62. The van der Waals surface area contributed by atoms with Crippen molar-refractivity contribution in [2.75, 3.05) is 48.7 Å². The van der Waals surface area contributed by atoms with Gasteiger partial charge in [-0.2, -0.15) is 13.2 Å². The Morgan fingerprint density at radius 1 is 1.19 bits per heavy atom. The van der Waals surface area contributed by atoms with Gasteiger partial charge in [0.1, 0.15) is 12.0 Å². The molecule has 0 unspecified atom stereocenters. The molecule has 2 aromatic rings. The first kappa shape index (κ1) is 19.5. The monoisotopic (exact) mass is 400 g/mol. The summed E-state index contributed by atoms with van der Waals surface area (Å²) in [4.78, 5) is 12.7. The third kappa shape index (κ3) is 4.36. The zero-order valence-electron chi connectivity index (χ0n) is 14.7. The number of aromatic nitrogens is 2. The van der Waals surface area contributed by atoms with Crippen LogP contribution in [0.5, 0.6) is 0 Å². The number of nitrogens with zero attached hydrogens (tertiary/aromatic N) is 4. The molecule has 10 heteroatoms. The van der Waals surface area contributed by atoms with Crippen LogP contribution in [-0.2, 0) is 6.18 Å². The Kier molecular flexibility index (Phi) is 5.61. The van der Waals surface area contributed by atoms with E-state index in [1.807, 2.05) is 4.90 Å². The van der Waals surface area contributed by atoms with Gasteiger partial charge in [0.15, 0.2) is 11.6 Å². The lowest BCUT2D eigenvalue weighted by molar-refractivity contribution is -0.137. The third-order valence-corrected chi connectivity index (χ3v) is 4.86. The number of halogens is 4. The highest BCUT2D eigenvalue weighted by molar-refractivity contribution is 6.33. The summed E-state index contributed by atoms with van der Waals surface area (Å²) in [5.74, 6) is 0.783. The van der Waals surface area contributed by atoms with E-state index in [1.54, 1.807) is 0 Å². The van der Waals surface area contributed by atoms with E-state index in [2.05, 4.69) is 27.1 Å². The molecule has 0 saturated carbocycles. The number of anilines is 4. The van der Waals surface area contributed by atoms with Crippen molar-refractivity contribution in [2.24, 2.45) is 0 Å². The van der Waals surface area contributed by atoms with Gasteiger partial charge in [-0.1, -0.05) is 18.5 Å². The number of hydrogen-bond acceptors (Lipinski definition) is 6. The number of hydrogen-bond donors (Lipinski definition) is 2. The van der Waals surface area contributed by atoms with Crippen LogP contribution in [0.3, 0.4) is 0 Å². The lowest BCUT2D eigenvalue weighted by Gasteiger charge is -2.35. The summed E-state index contributed by atoms with van der Waals surface area (Å²) < 4.78 is 38.9.